The van der Waals surface area contributed by atoms with Gasteiger partial charge < -0.3 is 14.5 Å². The van der Waals surface area contributed by atoms with Crippen LogP contribution in [-0.2, 0) is 4.74 Å². The largest absolute Gasteiger partial charge is 0.378 e. The number of pyridine rings is 1. The van der Waals surface area contributed by atoms with Crippen LogP contribution in [0.2, 0.25) is 0 Å². The number of piperidine rings is 1. The highest BCUT2D eigenvalue weighted by Crippen LogP contribution is 2.27. The number of carbonyl (C=O) groups excluding carboxylic acids is 2. The van der Waals surface area contributed by atoms with Crippen LogP contribution in [0.5, 0.6) is 0 Å². The van der Waals surface area contributed by atoms with Crippen LogP contribution in [0.15, 0.2) is 42.7 Å². The number of amides is 2. The van der Waals surface area contributed by atoms with Crippen molar-refractivity contribution in [3.8, 4) is 0 Å². The molecule has 2 aliphatic heterocycles. The Morgan fingerprint density at radius 2 is 1.79 bits per heavy atom. The molecule has 2 saturated heterocycles. The first-order valence-corrected chi connectivity index (χ1v) is 11.5. The molecule has 33 heavy (non-hydrogen) atoms. The van der Waals surface area contributed by atoms with E-state index in [-0.39, 0.29) is 17.7 Å². The Morgan fingerprint density at radius 3 is 2.61 bits per heavy atom. The molecule has 0 spiro atoms. The van der Waals surface area contributed by atoms with Crippen molar-refractivity contribution < 1.29 is 14.3 Å². The lowest BCUT2D eigenvalue weighted by molar-refractivity contribution is 0.0301. The Labute approximate surface area is 192 Å². The van der Waals surface area contributed by atoms with Gasteiger partial charge in [0.25, 0.3) is 11.8 Å². The van der Waals surface area contributed by atoms with Crippen molar-refractivity contribution >= 4 is 22.7 Å². The van der Waals surface area contributed by atoms with Gasteiger partial charge in [0.1, 0.15) is 5.82 Å². The molecule has 0 bridgehead atoms. The number of morpholine rings is 1. The molecule has 170 valence electrons. The lowest BCUT2D eigenvalue weighted by Crippen LogP contribution is -2.41. The van der Waals surface area contributed by atoms with Gasteiger partial charge >= 0.3 is 0 Å². The van der Waals surface area contributed by atoms with Gasteiger partial charge in [-0.1, -0.05) is 12.1 Å². The molecule has 1 atom stereocenters. The third-order valence-corrected chi connectivity index (χ3v) is 6.48. The quantitative estimate of drug-likeness (QED) is 0.616. The van der Waals surface area contributed by atoms with Gasteiger partial charge in [0.05, 0.1) is 30.0 Å². The van der Waals surface area contributed by atoms with Crippen molar-refractivity contribution in [2.75, 3.05) is 39.4 Å². The first-order chi connectivity index (χ1) is 16.1. The van der Waals surface area contributed by atoms with E-state index in [9.17, 15) is 9.59 Å². The summed E-state index contributed by atoms with van der Waals surface area (Å²) in [6.07, 6.45) is 5.18. The van der Waals surface area contributed by atoms with Crippen molar-refractivity contribution in [1.29, 1.82) is 0 Å². The van der Waals surface area contributed by atoms with Crippen LogP contribution >= 0.6 is 0 Å². The molecule has 0 aliphatic carbocycles. The highest BCUT2D eigenvalue weighted by molar-refractivity contribution is 6.06. The number of fused-ring (bicyclic) bond motifs is 1. The summed E-state index contributed by atoms with van der Waals surface area (Å²) in [5.41, 5.74) is 2.70. The summed E-state index contributed by atoms with van der Waals surface area (Å²) < 4.78 is 5.34. The number of rotatable bonds is 3. The van der Waals surface area contributed by atoms with Gasteiger partial charge in [0.2, 0.25) is 0 Å². The zero-order valence-corrected chi connectivity index (χ0v) is 18.7. The minimum atomic E-state index is -0.0487. The van der Waals surface area contributed by atoms with Crippen molar-refractivity contribution in [2.24, 2.45) is 0 Å². The second-order valence-corrected chi connectivity index (χ2v) is 8.60. The minimum absolute atomic E-state index is 0.00846. The van der Waals surface area contributed by atoms with Crippen LogP contribution in [0.1, 0.15) is 51.0 Å². The fourth-order valence-corrected chi connectivity index (χ4v) is 4.66. The molecule has 8 heteroatoms. The van der Waals surface area contributed by atoms with E-state index in [1.165, 1.54) is 0 Å². The third kappa shape index (κ3) is 4.30. The van der Waals surface area contributed by atoms with Gasteiger partial charge in [-0.25, -0.2) is 9.97 Å². The van der Waals surface area contributed by atoms with E-state index in [0.717, 1.165) is 23.7 Å². The predicted molar refractivity (Wildman–Crippen MR) is 123 cm³/mol. The Balaban J connectivity index is 1.34. The number of likely N-dealkylation sites (tertiary alicyclic amines) is 1. The van der Waals surface area contributed by atoms with Gasteiger partial charge in [-0.15, -0.1) is 0 Å². The molecule has 8 nitrogen and oxygen atoms in total. The monoisotopic (exact) mass is 445 g/mol. The van der Waals surface area contributed by atoms with Gasteiger partial charge in [-0.2, -0.15) is 0 Å². The van der Waals surface area contributed by atoms with E-state index < -0.39 is 0 Å². The van der Waals surface area contributed by atoms with Crippen LogP contribution in [-0.4, -0.2) is 76.0 Å². The van der Waals surface area contributed by atoms with E-state index in [4.69, 9.17) is 9.72 Å². The molecule has 0 radical (unpaired) electrons. The van der Waals surface area contributed by atoms with Gasteiger partial charge in [-0.05, 0) is 38.0 Å². The maximum absolute atomic E-state index is 13.4. The average molecular weight is 446 g/mol. The molecule has 2 fully saturated rings. The van der Waals surface area contributed by atoms with E-state index in [2.05, 4.69) is 9.97 Å². The first-order valence-electron chi connectivity index (χ1n) is 11.5. The number of carbonyl (C=O) groups is 2. The fourth-order valence-electron chi connectivity index (χ4n) is 4.66. The molecule has 2 aromatic heterocycles. The Hall–Kier alpha value is -3.39. The molecular weight excluding hydrogens is 418 g/mol. The van der Waals surface area contributed by atoms with E-state index >= 15 is 0 Å². The van der Waals surface area contributed by atoms with Crippen LogP contribution in [0.25, 0.3) is 10.9 Å². The number of aromatic nitrogens is 3. The number of hydrogen-bond acceptors (Lipinski definition) is 6. The van der Waals surface area contributed by atoms with Gasteiger partial charge in [-0.3, -0.25) is 14.6 Å². The molecule has 0 unspecified atom stereocenters. The van der Waals surface area contributed by atoms with E-state index in [1.807, 2.05) is 42.2 Å². The number of nitrogens with zero attached hydrogens (tertiary/aromatic N) is 5. The normalized spacial score (nSPS) is 19.0. The highest BCUT2D eigenvalue weighted by Gasteiger charge is 2.29. The van der Waals surface area contributed by atoms with E-state index in [0.29, 0.717) is 62.0 Å². The van der Waals surface area contributed by atoms with Gasteiger partial charge in [0, 0.05) is 55.4 Å². The molecule has 3 aromatic rings. The molecule has 1 aromatic carbocycles. The van der Waals surface area contributed by atoms with Gasteiger partial charge in [0.15, 0.2) is 0 Å². The summed E-state index contributed by atoms with van der Waals surface area (Å²) in [5, 5.41) is 0.866. The summed E-state index contributed by atoms with van der Waals surface area (Å²) in [6.45, 7) is 5.41. The maximum atomic E-state index is 13.4. The second-order valence-electron chi connectivity index (χ2n) is 8.60. The van der Waals surface area contributed by atoms with Crippen LogP contribution in [0.3, 0.4) is 0 Å². The predicted octanol–water partition coefficient (Wildman–Crippen LogP) is 2.83. The topological polar surface area (TPSA) is 88.5 Å². The fraction of sp³-hybridized carbons (Fsp3) is 0.400. The zero-order valence-electron chi connectivity index (χ0n) is 18.7. The summed E-state index contributed by atoms with van der Waals surface area (Å²) >= 11 is 0. The Morgan fingerprint density at radius 1 is 0.970 bits per heavy atom. The average Bonchev–Trinajstić information content (AvgIpc) is 2.88. The molecule has 2 aliphatic rings. The minimum Gasteiger partial charge on any atom is -0.378 e. The molecule has 5 rings (SSSR count). The number of hydrogen-bond donors (Lipinski definition) is 0. The van der Waals surface area contributed by atoms with Crippen LogP contribution in [0, 0.1) is 6.92 Å². The van der Waals surface area contributed by atoms with Crippen LogP contribution in [0.4, 0.5) is 0 Å². The molecule has 0 N–H and O–H groups in total. The van der Waals surface area contributed by atoms with Crippen molar-refractivity contribution in [3.05, 3.63) is 65.4 Å². The number of aryl methyl sites for hydroxylation is 1. The molecule has 2 amide bonds. The molecule has 0 saturated carbocycles. The Bertz CT molecular complexity index is 1190. The van der Waals surface area contributed by atoms with Crippen molar-refractivity contribution in [3.63, 3.8) is 0 Å². The zero-order chi connectivity index (χ0) is 22.8. The Kier molecular flexibility index (Phi) is 6.00. The standard InChI is InChI=1S/C25H27N5O3/c1-17-21(25(32)29-11-13-33-14-12-29)15-27-23(28-17)18-5-4-10-30(16-18)24(31)20-6-2-8-22-19(20)7-3-9-26-22/h2-3,6-9,15,18H,4-5,10-14,16H2,1H3/t18-/m0/s1. The van der Waals surface area contributed by atoms with E-state index in [1.54, 1.807) is 17.3 Å². The van der Waals surface area contributed by atoms with Crippen molar-refractivity contribution in [2.45, 2.75) is 25.7 Å². The second kappa shape index (κ2) is 9.23. The lowest BCUT2D eigenvalue weighted by Gasteiger charge is -2.32. The SMILES string of the molecule is Cc1nc([C@H]2CCCN(C(=O)c3cccc4ncccc34)C2)ncc1C(=O)N1CCOCC1. The highest BCUT2D eigenvalue weighted by atomic mass is 16.5. The summed E-state index contributed by atoms with van der Waals surface area (Å²) in [6, 6.07) is 9.45. The number of benzene rings is 1. The smallest absolute Gasteiger partial charge is 0.257 e. The van der Waals surface area contributed by atoms with Crippen LogP contribution < -0.4 is 0 Å². The number of ether oxygens (including phenoxy) is 1. The summed E-state index contributed by atoms with van der Waals surface area (Å²) in [5.74, 6) is 0.701. The summed E-state index contributed by atoms with van der Waals surface area (Å²) in [4.78, 5) is 43.5. The van der Waals surface area contributed by atoms with Crippen molar-refractivity contribution in [1.82, 2.24) is 24.8 Å². The summed E-state index contributed by atoms with van der Waals surface area (Å²) in [7, 11) is 0. The maximum Gasteiger partial charge on any atom is 0.257 e. The first kappa shape index (κ1) is 21.5. The molecule has 4 heterocycles. The third-order valence-electron chi connectivity index (χ3n) is 6.48. The molecular formula is C25H27N5O3. The lowest BCUT2D eigenvalue weighted by atomic mass is 9.95.